The molecule has 2 N–H and O–H groups in total. The zero-order valence-corrected chi connectivity index (χ0v) is 13.4. The van der Waals surface area contributed by atoms with Crippen LogP contribution in [-0.4, -0.2) is 31.1 Å². The van der Waals surface area contributed by atoms with Crippen molar-refractivity contribution in [2.24, 2.45) is 0 Å². The van der Waals surface area contributed by atoms with Crippen molar-refractivity contribution in [3.8, 4) is 0 Å². The summed E-state index contributed by atoms with van der Waals surface area (Å²) in [5.74, 6) is 0.738. The SMILES string of the molecule is CC1=C(C(=O)Nc2ccccn2)[C@@H](c2ccccc2)n2nnnc2N1. The molecule has 0 fully saturated rings. The van der Waals surface area contributed by atoms with Crippen LogP contribution in [0.25, 0.3) is 0 Å². The van der Waals surface area contributed by atoms with Gasteiger partial charge in [0.1, 0.15) is 11.9 Å². The number of fused-ring (bicyclic) bond motifs is 1. The lowest BCUT2D eigenvalue weighted by Crippen LogP contribution is -2.31. The van der Waals surface area contributed by atoms with Crippen LogP contribution in [0.2, 0.25) is 0 Å². The molecule has 8 heteroatoms. The summed E-state index contributed by atoms with van der Waals surface area (Å²) < 4.78 is 1.61. The summed E-state index contributed by atoms with van der Waals surface area (Å²) >= 11 is 0. The fraction of sp³-hybridized carbons (Fsp3) is 0.118. The maximum atomic E-state index is 13.0. The molecule has 1 aromatic carbocycles. The molecule has 0 radical (unpaired) electrons. The van der Waals surface area contributed by atoms with Gasteiger partial charge in [0.15, 0.2) is 0 Å². The fourth-order valence-electron chi connectivity index (χ4n) is 2.87. The van der Waals surface area contributed by atoms with Crippen LogP contribution in [-0.2, 0) is 4.79 Å². The maximum absolute atomic E-state index is 13.0. The summed E-state index contributed by atoms with van der Waals surface area (Å²) in [6, 6.07) is 14.6. The lowest BCUT2D eigenvalue weighted by atomic mass is 9.95. The van der Waals surface area contributed by atoms with Gasteiger partial charge in [-0.3, -0.25) is 4.79 Å². The van der Waals surface area contributed by atoms with Crippen molar-refractivity contribution in [1.29, 1.82) is 0 Å². The van der Waals surface area contributed by atoms with Gasteiger partial charge < -0.3 is 10.6 Å². The molecule has 0 spiro atoms. The number of rotatable bonds is 3. The lowest BCUT2D eigenvalue weighted by Gasteiger charge is -2.27. The highest BCUT2D eigenvalue weighted by atomic mass is 16.1. The number of aromatic nitrogens is 5. The van der Waals surface area contributed by atoms with E-state index in [1.165, 1.54) is 0 Å². The van der Waals surface area contributed by atoms with Crippen LogP contribution >= 0.6 is 0 Å². The summed E-state index contributed by atoms with van der Waals surface area (Å²) in [7, 11) is 0. The van der Waals surface area contributed by atoms with Gasteiger partial charge in [0, 0.05) is 11.9 Å². The Bertz CT molecular complexity index is 934. The van der Waals surface area contributed by atoms with Crippen molar-refractivity contribution in [2.75, 3.05) is 10.6 Å². The first-order valence-corrected chi connectivity index (χ1v) is 7.77. The Kier molecular flexibility index (Phi) is 3.70. The minimum atomic E-state index is -0.420. The Morgan fingerprint density at radius 1 is 1.16 bits per heavy atom. The number of hydrogen-bond donors (Lipinski definition) is 2. The van der Waals surface area contributed by atoms with E-state index in [-0.39, 0.29) is 5.91 Å². The molecule has 0 aliphatic carbocycles. The third-order valence-corrected chi connectivity index (χ3v) is 3.98. The standard InChI is InChI=1S/C17H15N7O/c1-11-14(16(25)20-13-9-5-6-10-18-13)15(12-7-3-2-4-8-12)24-17(19-11)21-22-23-24/h2-10,15H,1H3,(H,18,20,25)(H,19,21,23)/t15-/m1/s1. The summed E-state index contributed by atoms with van der Waals surface area (Å²) in [5.41, 5.74) is 2.16. The van der Waals surface area contributed by atoms with E-state index in [4.69, 9.17) is 0 Å². The second-order valence-electron chi connectivity index (χ2n) is 5.59. The number of amides is 1. The predicted molar refractivity (Wildman–Crippen MR) is 91.6 cm³/mol. The van der Waals surface area contributed by atoms with E-state index in [0.29, 0.717) is 23.0 Å². The molecule has 0 unspecified atom stereocenters. The van der Waals surface area contributed by atoms with E-state index in [1.807, 2.05) is 43.3 Å². The van der Waals surface area contributed by atoms with Gasteiger partial charge in [0.25, 0.3) is 5.91 Å². The Labute approximate surface area is 143 Å². The second-order valence-corrected chi connectivity index (χ2v) is 5.59. The molecule has 124 valence electrons. The molecule has 1 amide bonds. The average molecular weight is 333 g/mol. The number of pyridine rings is 1. The molecule has 1 aliphatic heterocycles. The molecule has 8 nitrogen and oxygen atoms in total. The van der Waals surface area contributed by atoms with Crippen molar-refractivity contribution in [3.05, 3.63) is 71.6 Å². The lowest BCUT2D eigenvalue weighted by molar-refractivity contribution is -0.113. The highest BCUT2D eigenvalue weighted by Crippen LogP contribution is 2.34. The first-order valence-electron chi connectivity index (χ1n) is 7.77. The fourth-order valence-corrected chi connectivity index (χ4v) is 2.87. The van der Waals surface area contributed by atoms with Gasteiger partial charge in [0.05, 0.1) is 5.57 Å². The number of hydrogen-bond acceptors (Lipinski definition) is 6. The minimum Gasteiger partial charge on any atom is -0.326 e. The Morgan fingerprint density at radius 3 is 2.72 bits per heavy atom. The summed E-state index contributed by atoms with van der Waals surface area (Å²) in [5, 5.41) is 17.7. The van der Waals surface area contributed by atoms with Crippen LogP contribution < -0.4 is 10.6 Å². The molecule has 3 aromatic rings. The highest BCUT2D eigenvalue weighted by molar-refractivity contribution is 6.05. The Morgan fingerprint density at radius 2 is 1.96 bits per heavy atom. The second kappa shape index (κ2) is 6.16. The normalized spacial score (nSPS) is 16.1. The van der Waals surface area contributed by atoms with Gasteiger partial charge in [-0.25, -0.2) is 4.98 Å². The van der Waals surface area contributed by atoms with E-state index in [9.17, 15) is 4.79 Å². The third-order valence-electron chi connectivity index (χ3n) is 3.98. The molecule has 0 saturated carbocycles. The van der Waals surface area contributed by atoms with Gasteiger partial charge >= 0.3 is 0 Å². The van der Waals surface area contributed by atoms with Crippen molar-refractivity contribution < 1.29 is 4.79 Å². The molecule has 2 aromatic heterocycles. The van der Waals surface area contributed by atoms with Gasteiger partial charge in [-0.1, -0.05) is 41.5 Å². The molecule has 0 bridgehead atoms. The largest absolute Gasteiger partial charge is 0.326 e. The van der Waals surface area contributed by atoms with Crippen LogP contribution in [0.1, 0.15) is 18.5 Å². The number of anilines is 2. The van der Waals surface area contributed by atoms with Gasteiger partial charge in [-0.05, 0) is 35.0 Å². The van der Waals surface area contributed by atoms with Crippen molar-refractivity contribution in [3.63, 3.8) is 0 Å². The van der Waals surface area contributed by atoms with Crippen molar-refractivity contribution in [1.82, 2.24) is 25.2 Å². The minimum absolute atomic E-state index is 0.251. The van der Waals surface area contributed by atoms with Crippen LogP contribution in [0.5, 0.6) is 0 Å². The first kappa shape index (κ1) is 15.0. The van der Waals surface area contributed by atoms with Crippen LogP contribution in [0, 0.1) is 0 Å². The predicted octanol–water partition coefficient (Wildman–Crippen LogP) is 2.00. The number of allylic oxidation sites excluding steroid dienone is 1. The Hall–Kier alpha value is -3.55. The third kappa shape index (κ3) is 2.74. The molecule has 25 heavy (non-hydrogen) atoms. The first-order chi connectivity index (χ1) is 12.2. The number of benzene rings is 1. The molecule has 3 heterocycles. The average Bonchev–Trinajstić information content (AvgIpc) is 3.10. The van der Waals surface area contributed by atoms with Crippen molar-refractivity contribution >= 4 is 17.7 Å². The zero-order valence-electron chi connectivity index (χ0n) is 13.4. The number of carbonyl (C=O) groups excluding carboxylic acids is 1. The summed E-state index contributed by atoms with van der Waals surface area (Å²) in [6.07, 6.45) is 1.63. The number of tetrazole rings is 1. The highest BCUT2D eigenvalue weighted by Gasteiger charge is 2.33. The van der Waals surface area contributed by atoms with Gasteiger partial charge in [0.2, 0.25) is 5.95 Å². The molecule has 0 saturated heterocycles. The molecule has 4 rings (SSSR count). The summed E-state index contributed by atoms with van der Waals surface area (Å²) in [4.78, 5) is 17.1. The smallest absolute Gasteiger partial charge is 0.257 e. The van der Waals surface area contributed by atoms with E-state index >= 15 is 0 Å². The zero-order chi connectivity index (χ0) is 17.2. The molecule has 1 atom stereocenters. The number of carbonyl (C=O) groups is 1. The maximum Gasteiger partial charge on any atom is 0.257 e. The van der Waals surface area contributed by atoms with Crippen LogP contribution in [0.4, 0.5) is 11.8 Å². The number of nitrogens with zero attached hydrogens (tertiary/aromatic N) is 5. The molecular weight excluding hydrogens is 318 g/mol. The quantitative estimate of drug-likeness (QED) is 0.761. The van der Waals surface area contributed by atoms with E-state index < -0.39 is 6.04 Å². The Balaban J connectivity index is 1.77. The monoisotopic (exact) mass is 333 g/mol. The molecule has 1 aliphatic rings. The topological polar surface area (TPSA) is 97.6 Å². The number of nitrogens with one attached hydrogen (secondary N) is 2. The van der Waals surface area contributed by atoms with Gasteiger partial charge in [-0.2, -0.15) is 4.68 Å². The van der Waals surface area contributed by atoms with Gasteiger partial charge in [-0.15, -0.1) is 0 Å². The van der Waals surface area contributed by atoms with Crippen LogP contribution in [0.15, 0.2) is 66.0 Å². The van der Waals surface area contributed by atoms with E-state index in [2.05, 4.69) is 31.1 Å². The molecular formula is C17H15N7O. The van der Waals surface area contributed by atoms with Crippen LogP contribution in [0.3, 0.4) is 0 Å². The summed E-state index contributed by atoms with van der Waals surface area (Å²) in [6.45, 7) is 1.83. The van der Waals surface area contributed by atoms with Crippen molar-refractivity contribution in [2.45, 2.75) is 13.0 Å². The van der Waals surface area contributed by atoms with E-state index in [0.717, 1.165) is 5.56 Å². The van der Waals surface area contributed by atoms with E-state index in [1.54, 1.807) is 23.0 Å².